The second-order valence-corrected chi connectivity index (χ2v) is 9.21. The van der Waals surface area contributed by atoms with Crippen molar-refractivity contribution in [3.05, 3.63) is 36.4 Å². The van der Waals surface area contributed by atoms with Crippen LogP contribution in [0.15, 0.2) is 35.7 Å². The lowest BCUT2D eigenvalue weighted by atomic mass is 9.75. The number of methoxy groups -OCH3 is 2. The Kier molecular flexibility index (Phi) is 5.43. The van der Waals surface area contributed by atoms with Crippen LogP contribution < -0.4 is 9.46 Å². The molecule has 0 heterocycles. The van der Waals surface area contributed by atoms with E-state index in [9.17, 15) is 18.0 Å². The summed E-state index contributed by atoms with van der Waals surface area (Å²) in [5.41, 5.74) is -1.27. The number of hydrogen-bond donors (Lipinski definition) is 1. The Bertz CT molecular complexity index is 884. The first kappa shape index (κ1) is 21.0. The number of carbonyl (C=O) groups excluding carboxylic acids is 2. The molecule has 1 aromatic rings. The van der Waals surface area contributed by atoms with Crippen molar-refractivity contribution in [3.63, 3.8) is 0 Å². The molecule has 0 aromatic heterocycles. The molecular weight excluding hydrogens is 370 g/mol. The number of carbonyl (C=O) groups is 2. The van der Waals surface area contributed by atoms with Gasteiger partial charge >= 0.3 is 5.97 Å². The molecule has 0 radical (unpaired) electrons. The van der Waals surface area contributed by atoms with Gasteiger partial charge in [-0.25, -0.2) is 17.9 Å². The van der Waals surface area contributed by atoms with Gasteiger partial charge in [-0.1, -0.05) is 26.8 Å². The SMILES string of the molecule is C=C[C@@H]1C[C@@]1(C(=O)NS(=O)(=O)c1cc(C(=O)OC)ccc1OC)C(C)(C)C. The maximum Gasteiger partial charge on any atom is 0.337 e. The van der Waals surface area contributed by atoms with Crippen LogP contribution in [0.25, 0.3) is 0 Å². The maximum atomic E-state index is 12.9. The second kappa shape index (κ2) is 6.99. The molecule has 1 aromatic carbocycles. The van der Waals surface area contributed by atoms with E-state index in [2.05, 4.69) is 16.0 Å². The van der Waals surface area contributed by atoms with Crippen LogP contribution in [0.5, 0.6) is 5.75 Å². The zero-order valence-electron chi connectivity index (χ0n) is 16.2. The van der Waals surface area contributed by atoms with Crippen molar-refractivity contribution < 1.29 is 27.5 Å². The highest BCUT2D eigenvalue weighted by Crippen LogP contribution is 2.64. The summed E-state index contributed by atoms with van der Waals surface area (Å²) in [6.45, 7) is 9.41. The Morgan fingerprint density at radius 2 is 1.93 bits per heavy atom. The highest BCUT2D eigenvalue weighted by molar-refractivity contribution is 7.90. The molecule has 7 nitrogen and oxygen atoms in total. The second-order valence-electron chi connectivity index (χ2n) is 7.56. The molecule has 1 N–H and O–H groups in total. The fraction of sp³-hybridized carbons (Fsp3) is 0.474. The lowest BCUT2D eigenvalue weighted by molar-refractivity contribution is -0.128. The predicted molar refractivity (Wildman–Crippen MR) is 99.9 cm³/mol. The number of allylic oxidation sites excluding steroid dienone is 1. The zero-order chi connectivity index (χ0) is 20.6. The van der Waals surface area contributed by atoms with E-state index in [1.165, 1.54) is 26.4 Å². The summed E-state index contributed by atoms with van der Waals surface area (Å²) in [5.74, 6) is -1.37. The Labute approximate surface area is 159 Å². The lowest BCUT2D eigenvalue weighted by Crippen LogP contribution is -2.43. The van der Waals surface area contributed by atoms with Crippen molar-refractivity contribution >= 4 is 21.9 Å². The number of esters is 1. The molecule has 8 heteroatoms. The molecule has 148 valence electrons. The van der Waals surface area contributed by atoms with Crippen molar-refractivity contribution in [2.45, 2.75) is 32.1 Å². The quantitative estimate of drug-likeness (QED) is 0.587. The highest BCUT2D eigenvalue weighted by Gasteiger charge is 2.65. The molecule has 2 rings (SSSR count). The van der Waals surface area contributed by atoms with E-state index in [1.54, 1.807) is 6.08 Å². The summed E-state index contributed by atoms with van der Waals surface area (Å²) in [6, 6.07) is 3.85. The van der Waals surface area contributed by atoms with Crippen molar-refractivity contribution in [2.75, 3.05) is 14.2 Å². The molecule has 1 saturated carbocycles. The fourth-order valence-electron chi connectivity index (χ4n) is 3.44. The topological polar surface area (TPSA) is 98.8 Å². The van der Waals surface area contributed by atoms with Crippen molar-refractivity contribution in [3.8, 4) is 5.75 Å². The van der Waals surface area contributed by atoms with Gasteiger partial charge in [0.2, 0.25) is 5.91 Å². The first-order chi connectivity index (χ1) is 12.4. The molecule has 0 unspecified atom stereocenters. The number of rotatable bonds is 6. The van der Waals surface area contributed by atoms with E-state index in [0.29, 0.717) is 6.42 Å². The van der Waals surface area contributed by atoms with Crippen LogP contribution in [-0.2, 0) is 19.6 Å². The van der Waals surface area contributed by atoms with E-state index in [4.69, 9.17) is 4.74 Å². The number of hydrogen-bond acceptors (Lipinski definition) is 6. The standard InChI is InChI=1S/C19H25NO6S/c1-7-13-11-19(13,18(2,3)4)17(22)20-27(23,24)15-10-12(16(21)26-6)8-9-14(15)25-5/h7-10,13H,1,11H2,2-6H3,(H,20,22)/t13-,19-/m1/s1. The summed E-state index contributed by atoms with van der Waals surface area (Å²) in [5, 5.41) is 0. The summed E-state index contributed by atoms with van der Waals surface area (Å²) in [6.07, 6.45) is 2.20. The average Bonchev–Trinajstić information content (AvgIpc) is 3.36. The van der Waals surface area contributed by atoms with Gasteiger partial charge in [0.15, 0.2) is 0 Å². The highest BCUT2D eigenvalue weighted by atomic mass is 32.2. The zero-order valence-corrected chi connectivity index (χ0v) is 17.0. The minimum absolute atomic E-state index is 0.0174. The van der Waals surface area contributed by atoms with E-state index in [1.807, 2.05) is 20.8 Å². The number of benzene rings is 1. The number of amides is 1. The maximum absolute atomic E-state index is 12.9. The number of sulfonamides is 1. The Hall–Kier alpha value is -2.35. The van der Waals surface area contributed by atoms with Crippen LogP contribution in [-0.4, -0.2) is 34.5 Å². The molecule has 1 fully saturated rings. The van der Waals surface area contributed by atoms with Crippen LogP contribution >= 0.6 is 0 Å². The minimum Gasteiger partial charge on any atom is -0.495 e. The van der Waals surface area contributed by atoms with Crippen molar-refractivity contribution in [1.29, 1.82) is 0 Å². The summed E-state index contributed by atoms with van der Waals surface area (Å²) in [4.78, 5) is 24.4. The van der Waals surface area contributed by atoms with Crippen molar-refractivity contribution in [1.82, 2.24) is 4.72 Å². The molecule has 27 heavy (non-hydrogen) atoms. The lowest BCUT2D eigenvalue weighted by Gasteiger charge is -2.30. The van der Waals surface area contributed by atoms with Gasteiger partial charge in [-0.2, -0.15) is 0 Å². The third-order valence-electron chi connectivity index (χ3n) is 5.14. The molecule has 0 saturated heterocycles. The van der Waals surface area contributed by atoms with E-state index >= 15 is 0 Å². The van der Waals surface area contributed by atoms with E-state index in [0.717, 1.165) is 6.07 Å². The Morgan fingerprint density at radius 3 is 2.37 bits per heavy atom. The van der Waals surface area contributed by atoms with Gasteiger partial charge in [0.1, 0.15) is 10.6 Å². The molecule has 1 aliphatic rings. The molecular formula is C19H25NO6S. The third kappa shape index (κ3) is 3.58. The largest absolute Gasteiger partial charge is 0.495 e. The van der Waals surface area contributed by atoms with Gasteiger partial charge in [-0.15, -0.1) is 6.58 Å². The van der Waals surface area contributed by atoms with Crippen LogP contribution in [0, 0.1) is 16.7 Å². The number of nitrogens with one attached hydrogen (secondary N) is 1. The summed E-state index contributed by atoms with van der Waals surface area (Å²) >= 11 is 0. The molecule has 0 spiro atoms. The first-order valence-corrected chi connectivity index (χ1v) is 9.89. The predicted octanol–water partition coefficient (Wildman–Crippen LogP) is 2.53. The molecule has 1 aliphatic carbocycles. The Morgan fingerprint density at radius 1 is 1.30 bits per heavy atom. The average molecular weight is 395 g/mol. The van der Waals surface area contributed by atoms with Gasteiger partial charge in [-0.3, -0.25) is 4.79 Å². The molecule has 2 atom stereocenters. The van der Waals surface area contributed by atoms with Crippen LogP contribution in [0.4, 0.5) is 0 Å². The normalized spacial score (nSPS) is 21.9. The van der Waals surface area contributed by atoms with Crippen LogP contribution in [0.3, 0.4) is 0 Å². The minimum atomic E-state index is -4.27. The third-order valence-corrected chi connectivity index (χ3v) is 6.50. The van der Waals surface area contributed by atoms with Crippen LogP contribution in [0.1, 0.15) is 37.6 Å². The molecule has 1 amide bonds. The van der Waals surface area contributed by atoms with E-state index < -0.39 is 32.7 Å². The monoisotopic (exact) mass is 395 g/mol. The van der Waals surface area contributed by atoms with Crippen molar-refractivity contribution in [2.24, 2.45) is 16.7 Å². The van der Waals surface area contributed by atoms with Gasteiger partial charge in [-0.05, 0) is 36.0 Å². The van der Waals surface area contributed by atoms with Gasteiger partial charge < -0.3 is 9.47 Å². The smallest absolute Gasteiger partial charge is 0.337 e. The van der Waals surface area contributed by atoms with Gasteiger partial charge in [0.25, 0.3) is 10.0 Å². The fourth-order valence-corrected chi connectivity index (χ4v) is 4.67. The van der Waals surface area contributed by atoms with Crippen LogP contribution in [0.2, 0.25) is 0 Å². The van der Waals surface area contributed by atoms with E-state index in [-0.39, 0.29) is 22.1 Å². The summed E-state index contributed by atoms with van der Waals surface area (Å²) < 4.78 is 37.7. The van der Waals surface area contributed by atoms with Gasteiger partial charge in [0.05, 0.1) is 25.2 Å². The first-order valence-electron chi connectivity index (χ1n) is 8.40. The number of ether oxygens (including phenoxy) is 2. The molecule has 0 aliphatic heterocycles. The van der Waals surface area contributed by atoms with Gasteiger partial charge in [0, 0.05) is 0 Å². The summed E-state index contributed by atoms with van der Waals surface area (Å²) in [7, 11) is -1.77. The molecule has 0 bridgehead atoms. The Balaban J connectivity index is 2.43.